The molecule has 0 aromatic heterocycles. The summed E-state index contributed by atoms with van der Waals surface area (Å²) >= 11 is 0. The van der Waals surface area contributed by atoms with Crippen LogP contribution >= 0.6 is 0 Å². The fourth-order valence-corrected chi connectivity index (χ4v) is 2.49. The molecule has 1 aromatic carbocycles. The molecule has 1 atom stereocenters. The minimum absolute atomic E-state index is 0.334. The minimum Gasteiger partial charge on any atom is -0.479 e. The zero-order chi connectivity index (χ0) is 15.0. The van der Waals surface area contributed by atoms with Crippen LogP contribution in [0.2, 0.25) is 0 Å². The van der Waals surface area contributed by atoms with Crippen LogP contribution in [-0.2, 0) is 21.5 Å². The van der Waals surface area contributed by atoms with Gasteiger partial charge in [-0.05, 0) is 44.7 Å². The van der Waals surface area contributed by atoms with Gasteiger partial charge >= 0.3 is 12.1 Å². The second kappa shape index (κ2) is 4.81. The molecule has 1 aliphatic rings. The molecule has 0 fully saturated rings. The number of hydrogen-bond donors (Lipinski definition) is 2. The first-order valence-corrected chi connectivity index (χ1v) is 6.57. The summed E-state index contributed by atoms with van der Waals surface area (Å²) < 4.78 is 5.18. The lowest BCUT2D eigenvalue weighted by Crippen LogP contribution is -2.51. The number of carbonyl (C=O) groups is 2. The molecular weight excluding hydrogens is 258 g/mol. The quantitative estimate of drug-likeness (QED) is 0.870. The van der Waals surface area contributed by atoms with E-state index in [4.69, 9.17) is 4.74 Å². The average Bonchev–Trinajstić information content (AvgIpc) is 2.67. The molecule has 0 heterocycles. The summed E-state index contributed by atoms with van der Waals surface area (Å²) in [6.07, 6.45) is 0.246. The maximum Gasteiger partial charge on any atom is 0.408 e. The second-order valence-electron chi connectivity index (χ2n) is 5.99. The van der Waals surface area contributed by atoms with Gasteiger partial charge in [-0.15, -0.1) is 0 Å². The Balaban J connectivity index is 2.30. The molecule has 1 aliphatic carbocycles. The molecule has 5 heteroatoms. The van der Waals surface area contributed by atoms with Gasteiger partial charge in [0, 0.05) is 0 Å². The van der Waals surface area contributed by atoms with Gasteiger partial charge in [0.15, 0.2) is 5.54 Å². The zero-order valence-corrected chi connectivity index (χ0v) is 11.9. The third-order valence-corrected chi connectivity index (χ3v) is 3.33. The van der Waals surface area contributed by atoms with Crippen LogP contribution in [0.5, 0.6) is 0 Å². The Bertz CT molecular complexity index is 547. The van der Waals surface area contributed by atoms with Crippen molar-refractivity contribution in [2.45, 2.75) is 44.8 Å². The number of carboxylic acid groups (broad SMARTS) is 1. The van der Waals surface area contributed by atoms with Crippen molar-refractivity contribution in [2.75, 3.05) is 0 Å². The highest BCUT2D eigenvalue weighted by molar-refractivity contribution is 5.87. The van der Waals surface area contributed by atoms with Gasteiger partial charge in [0.05, 0.1) is 0 Å². The van der Waals surface area contributed by atoms with Crippen molar-refractivity contribution in [1.82, 2.24) is 5.32 Å². The van der Waals surface area contributed by atoms with Gasteiger partial charge in [0.1, 0.15) is 5.60 Å². The smallest absolute Gasteiger partial charge is 0.408 e. The number of aryl methyl sites for hydroxylation is 1. The third-order valence-electron chi connectivity index (χ3n) is 3.33. The molecule has 2 N–H and O–H groups in total. The van der Waals surface area contributed by atoms with Crippen LogP contribution in [0.25, 0.3) is 0 Å². The molecule has 20 heavy (non-hydrogen) atoms. The Morgan fingerprint density at radius 3 is 2.55 bits per heavy atom. The number of rotatable bonds is 2. The highest BCUT2D eigenvalue weighted by Crippen LogP contribution is 2.37. The predicted molar refractivity (Wildman–Crippen MR) is 73.4 cm³/mol. The Morgan fingerprint density at radius 2 is 1.95 bits per heavy atom. The van der Waals surface area contributed by atoms with Crippen molar-refractivity contribution in [3.05, 3.63) is 35.4 Å². The van der Waals surface area contributed by atoms with E-state index in [1.54, 1.807) is 32.9 Å². The van der Waals surface area contributed by atoms with Crippen LogP contribution in [0, 0.1) is 0 Å². The minimum atomic E-state index is -1.39. The Hall–Kier alpha value is -2.04. The normalized spacial score (nSPS) is 21.1. The van der Waals surface area contributed by atoms with E-state index in [-0.39, 0.29) is 0 Å². The van der Waals surface area contributed by atoms with E-state index in [0.717, 1.165) is 5.56 Å². The average molecular weight is 277 g/mol. The van der Waals surface area contributed by atoms with Crippen LogP contribution in [0.1, 0.15) is 38.3 Å². The lowest BCUT2D eigenvalue weighted by atomic mass is 9.92. The van der Waals surface area contributed by atoms with Crippen LogP contribution in [0.4, 0.5) is 4.79 Å². The van der Waals surface area contributed by atoms with E-state index in [9.17, 15) is 14.7 Å². The van der Waals surface area contributed by atoms with Crippen molar-refractivity contribution in [1.29, 1.82) is 0 Å². The number of benzene rings is 1. The number of carbonyl (C=O) groups excluding carboxylic acids is 1. The monoisotopic (exact) mass is 277 g/mol. The van der Waals surface area contributed by atoms with E-state index >= 15 is 0 Å². The van der Waals surface area contributed by atoms with E-state index in [1.807, 2.05) is 12.1 Å². The topological polar surface area (TPSA) is 75.6 Å². The third kappa shape index (κ3) is 2.61. The molecule has 0 bridgehead atoms. The van der Waals surface area contributed by atoms with E-state index < -0.39 is 23.2 Å². The van der Waals surface area contributed by atoms with Gasteiger partial charge in [-0.25, -0.2) is 9.59 Å². The second-order valence-corrected chi connectivity index (χ2v) is 5.99. The largest absolute Gasteiger partial charge is 0.479 e. The molecule has 0 spiro atoms. The number of nitrogens with one attached hydrogen (secondary N) is 1. The molecule has 0 saturated carbocycles. The number of alkyl carbamates (subject to hydrolysis) is 1. The van der Waals surface area contributed by atoms with E-state index in [1.165, 1.54) is 0 Å². The molecule has 2 rings (SSSR count). The number of aliphatic carboxylic acids is 1. The lowest BCUT2D eigenvalue weighted by Gasteiger charge is -2.29. The molecule has 1 aromatic rings. The van der Waals surface area contributed by atoms with E-state index in [0.29, 0.717) is 18.4 Å². The first-order chi connectivity index (χ1) is 9.24. The van der Waals surface area contributed by atoms with Crippen molar-refractivity contribution in [3.63, 3.8) is 0 Å². The Kier molecular flexibility index (Phi) is 3.46. The SMILES string of the molecule is CC(C)(C)OC(=O)N[C@@]1(C(=O)O)CCc2ccccc21. The molecule has 0 saturated heterocycles. The fourth-order valence-electron chi connectivity index (χ4n) is 2.49. The molecule has 108 valence electrons. The first-order valence-electron chi connectivity index (χ1n) is 6.57. The highest BCUT2D eigenvalue weighted by atomic mass is 16.6. The number of ether oxygens (including phenoxy) is 1. The van der Waals surface area contributed by atoms with Gasteiger partial charge in [0.25, 0.3) is 0 Å². The summed E-state index contributed by atoms with van der Waals surface area (Å²) in [5.41, 5.74) is -0.467. The maximum atomic E-state index is 11.9. The first kappa shape index (κ1) is 14.4. The standard InChI is InChI=1S/C15H19NO4/c1-14(2,3)20-13(19)16-15(12(17)18)9-8-10-6-4-5-7-11(10)15/h4-7H,8-9H2,1-3H3,(H,16,19)(H,17,18)/t15-/m0/s1. The molecule has 1 amide bonds. The van der Waals surface area contributed by atoms with Gasteiger partial charge in [0.2, 0.25) is 0 Å². The summed E-state index contributed by atoms with van der Waals surface area (Å²) in [7, 11) is 0. The molecular formula is C15H19NO4. The zero-order valence-electron chi connectivity index (χ0n) is 11.9. The summed E-state index contributed by atoms with van der Waals surface area (Å²) in [6, 6.07) is 7.27. The van der Waals surface area contributed by atoms with Gasteiger partial charge < -0.3 is 15.2 Å². The summed E-state index contributed by atoms with van der Waals surface area (Å²) in [6.45, 7) is 5.22. The van der Waals surface area contributed by atoms with Crippen LogP contribution < -0.4 is 5.32 Å². The highest BCUT2D eigenvalue weighted by Gasteiger charge is 2.47. The van der Waals surface area contributed by atoms with Crippen LogP contribution in [0.3, 0.4) is 0 Å². The molecule has 0 aliphatic heterocycles. The van der Waals surface area contributed by atoms with E-state index in [2.05, 4.69) is 5.32 Å². The number of carboxylic acids is 1. The van der Waals surface area contributed by atoms with Crippen molar-refractivity contribution < 1.29 is 19.4 Å². The number of hydrogen-bond acceptors (Lipinski definition) is 3. The Morgan fingerprint density at radius 1 is 1.30 bits per heavy atom. The predicted octanol–water partition coefficient (Wildman–Crippen LogP) is 2.44. The number of fused-ring (bicyclic) bond motifs is 1. The fraction of sp³-hybridized carbons (Fsp3) is 0.467. The summed E-state index contributed by atoms with van der Waals surface area (Å²) in [5.74, 6) is -1.06. The summed E-state index contributed by atoms with van der Waals surface area (Å²) in [5, 5.41) is 12.1. The van der Waals surface area contributed by atoms with Gasteiger partial charge in [-0.1, -0.05) is 24.3 Å². The molecule has 5 nitrogen and oxygen atoms in total. The molecule has 0 radical (unpaired) electrons. The maximum absolute atomic E-state index is 11.9. The number of amides is 1. The van der Waals surface area contributed by atoms with Gasteiger partial charge in [-0.2, -0.15) is 0 Å². The Labute approximate surface area is 117 Å². The van der Waals surface area contributed by atoms with Crippen molar-refractivity contribution >= 4 is 12.1 Å². The molecule has 0 unspecified atom stereocenters. The summed E-state index contributed by atoms with van der Waals surface area (Å²) in [4.78, 5) is 23.7. The van der Waals surface area contributed by atoms with Crippen molar-refractivity contribution in [3.8, 4) is 0 Å². The van der Waals surface area contributed by atoms with Gasteiger partial charge in [-0.3, -0.25) is 0 Å². The van der Waals surface area contributed by atoms with Crippen LogP contribution in [0.15, 0.2) is 24.3 Å². The van der Waals surface area contributed by atoms with Crippen LogP contribution in [-0.4, -0.2) is 22.8 Å². The van der Waals surface area contributed by atoms with Crippen molar-refractivity contribution in [2.24, 2.45) is 0 Å². The lowest BCUT2D eigenvalue weighted by molar-refractivity contribution is -0.145.